The molecule has 0 aliphatic heterocycles. The summed E-state index contributed by atoms with van der Waals surface area (Å²) in [6.07, 6.45) is 3.62. The molecule has 2 heterocycles. The number of carbonyl (C=O) groups excluding carboxylic acids is 2. The number of carboxylic acid groups (broad SMARTS) is 1. The number of rotatable bonds is 12. The zero-order chi connectivity index (χ0) is 27.8. The molecule has 0 saturated heterocycles. The standard InChI is InChI=1S/C27H27N5O7/c1-2-17-11-19-22(12-21(17)39-15-24(34)29-13-23(33)28-10-6-9-25(35)36)38-14-20(26(19)37)27-31-30-16-32(27)18-7-4-3-5-8-18/h3-5,7-8,11-12,14,16H,2,6,9-10,13,15H2,1H3,(H,28,33)(H,29,34)(H,35,36). The van der Waals surface area contributed by atoms with Crippen LogP contribution in [0.1, 0.15) is 25.3 Å². The number of aryl methyl sites for hydroxylation is 1. The summed E-state index contributed by atoms with van der Waals surface area (Å²) in [5, 5.41) is 22.0. The number of hydrogen-bond donors (Lipinski definition) is 3. The molecule has 0 unspecified atom stereocenters. The van der Waals surface area contributed by atoms with E-state index in [2.05, 4.69) is 20.8 Å². The third-order valence-electron chi connectivity index (χ3n) is 5.85. The summed E-state index contributed by atoms with van der Waals surface area (Å²) >= 11 is 0. The van der Waals surface area contributed by atoms with E-state index in [0.717, 1.165) is 5.69 Å². The van der Waals surface area contributed by atoms with Gasteiger partial charge < -0.3 is 24.9 Å². The zero-order valence-corrected chi connectivity index (χ0v) is 21.2. The number of fused-ring (bicyclic) bond motifs is 1. The number of nitrogens with one attached hydrogen (secondary N) is 2. The summed E-state index contributed by atoms with van der Waals surface area (Å²) in [6, 6.07) is 12.6. The largest absolute Gasteiger partial charge is 0.483 e. The van der Waals surface area contributed by atoms with Crippen LogP contribution in [0.2, 0.25) is 0 Å². The third-order valence-corrected chi connectivity index (χ3v) is 5.85. The zero-order valence-electron chi connectivity index (χ0n) is 21.2. The Bertz CT molecular complexity index is 1550. The summed E-state index contributed by atoms with van der Waals surface area (Å²) in [7, 11) is 0. The Balaban J connectivity index is 1.45. The minimum Gasteiger partial charge on any atom is -0.483 e. The van der Waals surface area contributed by atoms with Gasteiger partial charge in [0.15, 0.2) is 12.4 Å². The second-order valence-corrected chi connectivity index (χ2v) is 8.56. The van der Waals surface area contributed by atoms with Crippen LogP contribution < -0.4 is 20.8 Å². The van der Waals surface area contributed by atoms with E-state index >= 15 is 0 Å². The van der Waals surface area contributed by atoms with Crippen LogP contribution in [0.15, 0.2) is 64.3 Å². The van der Waals surface area contributed by atoms with Crippen molar-refractivity contribution in [1.82, 2.24) is 25.4 Å². The molecule has 0 atom stereocenters. The van der Waals surface area contributed by atoms with Gasteiger partial charge in [0.05, 0.1) is 11.9 Å². The van der Waals surface area contributed by atoms with Gasteiger partial charge in [0, 0.05) is 24.7 Å². The Morgan fingerprint density at radius 3 is 2.64 bits per heavy atom. The Hall–Kier alpha value is -5.00. The Morgan fingerprint density at radius 2 is 1.90 bits per heavy atom. The van der Waals surface area contributed by atoms with Gasteiger partial charge >= 0.3 is 5.97 Å². The van der Waals surface area contributed by atoms with E-state index in [1.165, 1.54) is 12.6 Å². The molecule has 202 valence electrons. The van der Waals surface area contributed by atoms with Crippen molar-refractivity contribution in [3.8, 4) is 22.8 Å². The van der Waals surface area contributed by atoms with Crippen LogP contribution in [0.3, 0.4) is 0 Å². The summed E-state index contributed by atoms with van der Waals surface area (Å²) in [4.78, 5) is 47.9. The molecule has 0 fully saturated rings. The molecule has 3 N–H and O–H groups in total. The first-order valence-electron chi connectivity index (χ1n) is 12.3. The smallest absolute Gasteiger partial charge is 0.303 e. The van der Waals surface area contributed by atoms with Crippen molar-refractivity contribution in [2.45, 2.75) is 26.2 Å². The lowest BCUT2D eigenvalue weighted by Crippen LogP contribution is -2.39. The molecule has 2 aromatic heterocycles. The molecular formula is C27H27N5O7. The highest BCUT2D eigenvalue weighted by molar-refractivity contribution is 5.86. The van der Waals surface area contributed by atoms with Gasteiger partial charge in [-0.3, -0.25) is 23.7 Å². The SMILES string of the molecule is CCc1cc2c(=O)c(-c3nncn3-c3ccccc3)coc2cc1OCC(=O)NCC(=O)NCCCC(=O)O. The van der Waals surface area contributed by atoms with E-state index in [-0.39, 0.29) is 42.7 Å². The van der Waals surface area contributed by atoms with Crippen LogP contribution in [0, 0.1) is 0 Å². The van der Waals surface area contributed by atoms with E-state index in [1.54, 1.807) is 16.7 Å². The molecule has 2 amide bonds. The molecule has 0 radical (unpaired) electrons. The number of aromatic nitrogens is 3. The minimum atomic E-state index is -0.943. The number of carboxylic acids is 1. The van der Waals surface area contributed by atoms with E-state index in [0.29, 0.717) is 35.4 Å². The second kappa shape index (κ2) is 12.5. The van der Waals surface area contributed by atoms with Crippen molar-refractivity contribution in [3.05, 3.63) is 70.8 Å². The Morgan fingerprint density at radius 1 is 1.10 bits per heavy atom. The van der Waals surface area contributed by atoms with Crippen molar-refractivity contribution < 1.29 is 28.6 Å². The first-order chi connectivity index (χ1) is 18.9. The fourth-order valence-corrected chi connectivity index (χ4v) is 3.87. The van der Waals surface area contributed by atoms with Gasteiger partial charge in [-0.25, -0.2) is 0 Å². The number of hydrogen-bond acceptors (Lipinski definition) is 8. The van der Waals surface area contributed by atoms with E-state index in [9.17, 15) is 19.2 Å². The fraction of sp³-hybridized carbons (Fsp3) is 0.259. The summed E-state index contributed by atoms with van der Waals surface area (Å²) < 4.78 is 13.2. The lowest BCUT2D eigenvalue weighted by atomic mass is 10.1. The molecule has 4 rings (SSSR count). The normalized spacial score (nSPS) is 10.8. The summed E-state index contributed by atoms with van der Waals surface area (Å²) in [6.45, 7) is 1.47. The maximum atomic E-state index is 13.4. The average molecular weight is 534 g/mol. The molecule has 12 heteroatoms. The molecule has 0 saturated carbocycles. The van der Waals surface area contributed by atoms with Gasteiger partial charge in [0.1, 0.15) is 29.5 Å². The number of benzene rings is 2. The number of carbonyl (C=O) groups is 3. The molecular weight excluding hydrogens is 506 g/mol. The van der Waals surface area contributed by atoms with Crippen LogP contribution in [0.25, 0.3) is 28.0 Å². The second-order valence-electron chi connectivity index (χ2n) is 8.56. The van der Waals surface area contributed by atoms with Crippen LogP contribution in [-0.4, -0.2) is 57.4 Å². The molecule has 12 nitrogen and oxygen atoms in total. The minimum absolute atomic E-state index is 0.0528. The quantitative estimate of drug-likeness (QED) is 0.231. The highest BCUT2D eigenvalue weighted by atomic mass is 16.5. The Kier molecular flexibility index (Phi) is 8.67. The fourth-order valence-electron chi connectivity index (χ4n) is 3.87. The molecule has 39 heavy (non-hydrogen) atoms. The first kappa shape index (κ1) is 27.0. The summed E-state index contributed by atoms with van der Waals surface area (Å²) in [5.41, 5.74) is 1.74. The number of amides is 2. The van der Waals surface area contributed by atoms with Crippen molar-refractivity contribution in [2.24, 2.45) is 0 Å². The number of nitrogens with zero attached hydrogens (tertiary/aromatic N) is 3. The maximum absolute atomic E-state index is 13.4. The van der Waals surface area contributed by atoms with Gasteiger partial charge in [-0.15, -0.1) is 10.2 Å². The highest BCUT2D eigenvalue weighted by Crippen LogP contribution is 2.27. The third kappa shape index (κ3) is 6.66. The lowest BCUT2D eigenvalue weighted by Gasteiger charge is -2.12. The summed E-state index contributed by atoms with van der Waals surface area (Å²) in [5.74, 6) is -1.18. The van der Waals surface area contributed by atoms with Crippen molar-refractivity contribution in [3.63, 3.8) is 0 Å². The number of para-hydroxylation sites is 1. The maximum Gasteiger partial charge on any atom is 0.303 e. The predicted octanol–water partition coefficient (Wildman–Crippen LogP) is 2.08. The average Bonchev–Trinajstić information content (AvgIpc) is 3.43. The van der Waals surface area contributed by atoms with Crippen LogP contribution in [0.4, 0.5) is 0 Å². The molecule has 4 aromatic rings. The van der Waals surface area contributed by atoms with Crippen LogP contribution in [0.5, 0.6) is 5.75 Å². The highest BCUT2D eigenvalue weighted by Gasteiger charge is 2.18. The number of aliphatic carboxylic acids is 1. The molecule has 0 spiro atoms. The monoisotopic (exact) mass is 533 g/mol. The van der Waals surface area contributed by atoms with Gasteiger partial charge in [-0.2, -0.15) is 0 Å². The van der Waals surface area contributed by atoms with E-state index < -0.39 is 17.8 Å². The predicted molar refractivity (Wildman–Crippen MR) is 141 cm³/mol. The molecule has 0 bridgehead atoms. The first-order valence-corrected chi connectivity index (χ1v) is 12.3. The Labute approximate surface area is 222 Å². The molecule has 0 aliphatic carbocycles. The van der Waals surface area contributed by atoms with Crippen molar-refractivity contribution in [1.29, 1.82) is 0 Å². The van der Waals surface area contributed by atoms with Crippen molar-refractivity contribution >= 4 is 28.8 Å². The van der Waals surface area contributed by atoms with E-state index in [4.69, 9.17) is 14.3 Å². The van der Waals surface area contributed by atoms with Gasteiger partial charge in [-0.05, 0) is 36.6 Å². The van der Waals surface area contributed by atoms with Gasteiger partial charge in [0.25, 0.3) is 5.91 Å². The van der Waals surface area contributed by atoms with Gasteiger partial charge in [-0.1, -0.05) is 25.1 Å². The van der Waals surface area contributed by atoms with E-state index in [1.807, 2.05) is 37.3 Å². The number of ether oxygens (including phenoxy) is 1. The van der Waals surface area contributed by atoms with Crippen molar-refractivity contribution in [2.75, 3.05) is 19.7 Å². The lowest BCUT2D eigenvalue weighted by molar-refractivity contribution is -0.137. The van der Waals surface area contributed by atoms with Gasteiger partial charge in [0.2, 0.25) is 11.3 Å². The molecule has 2 aromatic carbocycles. The molecule has 0 aliphatic rings. The topological polar surface area (TPSA) is 166 Å². The van der Waals surface area contributed by atoms with Crippen LogP contribution >= 0.6 is 0 Å². The van der Waals surface area contributed by atoms with Crippen LogP contribution in [-0.2, 0) is 20.8 Å².